The molecule has 1 N–H and O–H groups in total. The van der Waals surface area contributed by atoms with Crippen LogP contribution < -0.4 is 5.32 Å². The quantitative estimate of drug-likeness (QED) is 0.663. The minimum Gasteiger partial charge on any atom is -0.444 e. The molecule has 3 rings (SSSR count). The van der Waals surface area contributed by atoms with E-state index < -0.39 is 0 Å². The fourth-order valence-corrected chi connectivity index (χ4v) is 3.26. The number of amides is 1. The Morgan fingerprint density at radius 2 is 1.96 bits per heavy atom. The van der Waals surface area contributed by atoms with E-state index in [1.807, 2.05) is 49.4 Å². The number of nitrogens with one attached hydrogen (secondary N) is 1. The average Bonchev–Trinajstić information content (AvgIpc) is 3.17. The predicted octanol–water partition coefficient (Wildman–Crippen LogP) is 4.32. The highest BCUT2D eigenvalue weighted by Crippen LogP contribution is 2.20. The van der Waals surface area contributed by atoms with Gasteiger partial charge in [-0.3, -0.25) is 4.79 Å². The number of carbonyl (C=O) groups excluding carboxylic acids is 1. The van der Waals surface area contributed by atoms with Gasteiger partial charge in [0.25, 0.3) is 0 Å². The van der Waals surface area contributed by atoms with Crippen molar-refractivity contribution in [1.29, 1.82) is 5.26 Å². The Kier molecular flexibility index (Phi) is 6.29. The molecule has 27 heavy (non-hydrogen) atoms. The molecule has 2 aromatic carbocycles. The molecule has 136 valence electrons. The third-order valence-corrected chi connectivity index (χ3v) is 4.94. The summed E-state index contributed by atoms with van der Waals surface area (Å²) in [7, 11) is 0. The first-order valence-corrected chi connectivity index (χ1v) is 9.68. The van der Waals surface area contributed by atoms with Gasteiger partial charge in [0.05, 0.1) is 29.1 Å². The number of nitriles is 1. The van der Waals surface area contributed by atoms with Crippen molar-refractivity contribution in [2.24, 2.45) is 0 Å². The summed E-state index contributed by atoms with van der Waals surface area (Å²) in [4.78, 5) is 16.6. The molecule has 0 spiro atoms. The normalized spacial score (nSPS) is 11.6. The second kappa shape index (κ2) is 9.06. The van der Waals surface area contributed by atoms with Gasteiger partial charge in [-0.2, -0.15) is 5.26 Å². The lowest BCUT2D eigenvalue weighted by Gasteiger charge is -2.14. The van der Waals surface area contributed by atoms with Crippen molar-refractivity contribution in [3.63, 3.8) is 0 Å². The number of aromatic nitrogens is 1. The molecular weight excluding hydrogens is 358 g/mol. The van der Waals surface area contributed by atoms with E-state index in [-0.39, 0.29) is 11.9 Å². The fourth-order valence-electron chi connectivity index (χ4n) is 2.55. The van der Waals surface area contributed by atoms with Crippen molar-refractivity contribution in [3.8, 4) is 17.5 Å². The zero-order valence-electron chi connectivity index (χ0n) is 14.9. The summed E-state index contributed by atoms with van der Waals surface area (Å²) in [5.74, 6) is 1.50. The van der Waals surface area contributed by atoms with Crippen LogP contribution in [0.15, 0.2) is 65.3 Å². The van der Waals surface area contributed by atoms with Gasteiger partial charge in [-0.1, -0.05) is 30.3 Å². The second-order valence-electron chi connectivity index (χ2n) is 6.03. The lowest BCUT2D eigenvalue weighted by Crippen LogP contribution is -2.28. The first-order valence-electron chi connectivity index (χ1n) is 8.52. The third-order valence-electron chi connectivity index (χ3n) is 3.97. The van der Waals surface area contributed by atoms with E-state index in [1.54, 1.807) is 18.4 Å². The molecule has 0 fully saturated rings. The molecule has 1 atom stereocenters. The van der Waals surface area contributed by atoms with Gasteiger partial charge in [-0.15, -0.1) is 11.8 Å². The number of nitrogens with zero attached hydrogens (tertiary/aromatic N) is 2. The monoisotopic (exact) mass is 377 g/mol. The summed E-state index contributed by atoms with van der Waals surface area (Å²) in [6.07, 6.45) is 1.63. The minimum absolute atomic E-state index is 0.0383. The van der Waals surface area contributed by atoms with Gasteiger partial charge in [-0.25, -0.2) is 4.98 Å². The molecule has 0 bridgehead atoms. The van der Waals surface area contributed by atoms with E-state index in [4.69, 9.17) is 9.68 Å². The van der Waals surface area contributed by atoms with Crippen LogP contribution in [0.2, 0.25) is 0 Å². The van der Waals surface area contributed by atoms with Crippen LogP contribution in [0, 0.1) is 11.3 Å². The molecule has 3 aromatic rings. The predicted molar refractivity (Wildman–Crippen MR) is 106 cm³/mol. The summed E-state index contributed by atoms with van der Waals surface area (Å²) >= 11 is 1.49. The molecule has 0 saturated carbocycles. The highest BCUT2D eigenvalue weighted by Gasteiger charge is 2.11. The molecule has 0 aliphatic rings. The van der Waals surface area contributed by atoms with Crippen LogP contribution >= 0.6 is 11.8 Å². The number of carbonyl (C=O) groups is 1. The summed E-state index contributed by atoms with van der Waals surface area (Å²) in [5.41, 5.74) is 3.32. The molecule has 5 nitrogen and oxygen atoms in total. The highest BCUT2D eigenvalue weighted by molar-refractivity contribution is 7.99. The van der Waals surface area contributed by atoms with Gasteiger partial charge in [0.1, 0.15) is 6.26 Å². The molecule has 0 aliphatic heterocycles. The first kappa shape index (κ1) is 18.7. The van der Waals surface area contributed by atoms with Gasteiger partial charge in [0.2, 0.25) is 11.8 Å². The second-order valence-corrected chi connectivity index (χ2v) is 7.01. The summed E-state index contributed by atoms with van der Waals surface area (Å²) in [5, 5.41) is 11.8. The maximum absolute atomic E-state index is 12.1. The molecule has 0 aliphatic carbocycles. The lowest BCUT2D eigenvalue weighted by molar-refractivity contribution is -0.119. The van der Waals surface area contributed by atoms with E-state index in [2.05, 4.69) is 16.4 Å². The number of rotatable bonds is 7. The van der Waals surface area contributed by atoms with Gasteiger partial charge in [-0.05, 0) is 36.8 Å². The molecular formula is C21H19N3O2S. The van der Waals surface area contributed by atoms with Gasteiger partial charge in [0, 0.05) is 11.3 Å². The molecule has 6 heteroatoms. The molecule has 0 radical (unpaired) electrons. The number of hydrogen-bond acceptors (Lipinski definition) is 5. The molecule has 1 heterocycles. The molecule has 0 saturated heterocycles. The Hall–Kier alpha value is -3.04. The smallest absolute Gasteiger partial charge is 0.230 e. The standard InChI is InChI=1S/C21H19N3O2S/c1-15(17-9-7-16(11-22)8-10-17)23-20(25)14-27-13-19-12-26-21(24-19)18-5-3-2-4-6-18/h2-10,12,15H,13-14H2,1H3,(H,23,25). The maximum Gasteiger partial charge on any atom is 0.230 e. The number of hydrogen-bond donors (Lipinski definition) is 1. The number of benzene rings is 2. The molecule has 1 amide bonds. The summed E-state index contributed by atoms with van der Waals surface area (Å²) < 4.78 is 5.50. The van der Waals surface area contributed by atoms with E-state index in [9.17, 15) is 4.79 Å². The molecule has 1 aromatic heterocycles. The summed E-state index contributed by atoms with van der Waals surface area (Å²) in [6.45, 7) is 1.92. The van der Waals surface area contributed by atoms with Gasteiger partial charge in [0.15, 0.2) is 0 Å². The van der Waals surface area contributed by atoms with Crippen molar-refractivity contribution in [3.05, 3.63) is 77.7 Å². The van der Waals surface area contributed by atoms with Crippen LogP contribution in [0.4, 0.5) is 0 Å². The third kappa shape index (κ3) is 5.22. The zero-order valence-corrected chi connectivity index (χ0v) is 15.7. The Labute approximate surface area is 162 Å². The number of thioether (sulfide) groups is 1. The van der Waals surface area contributed by atoms with E-state index in [0.717, 1.165) is 16.8 Å². The van der Waals surface area contributed by atoms with Crippen LogP contribution in [0.25, 0.3) is 11.5 Å². The Balaban J connectivity index is 1.45. The summed E-state index contributed by atoms with van der Waals surface area (Å²) in [6, 6.07) is 18.9. The van der Waals surface area contributed by atoms with Crippen molar-refractivity contribution in [2.45, 2.75) is 18.7 Å². The van der Waals surface area contributed by atoms with E-state index in [1.165, 1.54) is 11.8 Å². The highest BCUT2D eigenvalue weighted by atomic mass is 32.2. The fraction of sp³-hybridized carbons (Fsp3) is 0.190. The van der Waals surface area contributed by atoms with Gasteiger partial charge < -0.3 is 9.73 Å². The Bertz CT molecular complexity index is 930. The maximum atomic E-state index is 12.1. The van der Waals surface area contributed by atoms with E-state index >= 15 is 0 Å². The van der Waals surface area contributed by atoms with E-state index in [0.29, 0.717) is 23.0 Å². The lowest BCUT2D eigenvalue weighted by atomic mass is 10.1. The SMILES string of the molecule is CC(NC(=O)CSCc1coc(-c2ccccc2)n1)c1ccc(C#N)cc1. The largest absolute Gasteiger partial charge is 0.444 e. The van der Waals surface area contributed by atoms with Crippen LogP contribution in [0.3, 0.4) is 0 Å². The Morgan fingerprint density at radius 3 is 2.67 bits per heavy atom. The average molecular weight is 377 g/mol. The van der Waals surface area contributed by atoms with Crippen molar-refractivity contribution in [2.75, 3.05) is 5.75 Å². The van der Waals surface area contributed by atoms with Crippen molar-refractivity contribution < 1.29 is 9.21 Å². The molecule has 1 unspecified atom stereocenters. The van der Waals surface area contributed by atoms with Crippen molar-refractivity contribution in [1.82, 2.24) is 10.3 Å². The van der Waals surface area contributed by atoms with Crippen LogP contribution in [-0.2, 0) is 10.5 Å². The van der Waals surface area contributed by atoms with Crippen molar-refractivity contribution >= 4 is 17.7 Å². The Morgan fingerprint density at radius 1 is 1.22 bits per heavy atom. The van der Waals surface area contributed by atoms with Gasteiger partial charge >= 0.3 is 0 Å². The van der Waals surface area contributed by atoms with Crippen LogP contribution in [0.1, 0.15) is 29.8 Å². The number of oxazole rings is 1. The van der Waals surface area contributed by atoms with Crippen LogP contribution in [0.5, 0.6) is 0 Å². The van der Waals surface area contributed by atoms with Crippen LogP contribution in [-0.4, -0.2) is 16.6 Å². The minimum atomic E-state index is -0.109. The zero-order chi connectivity index (χ0) is 19.1. The topological polar surface area (TPSA) is 78.9 Å². The first-order chi connectivity index (χ1) is 13.2.